The predicted molar refractivity (Wildman–Crippen MR) is 97.7 cm³/mol. The number of hydrogen-bond donors (Lipinski definition) is 1. The topological polar surface area (TPSA) is 46.5 Å². The number of hydrogen-bond acceptors (Lipinski definition) is 2. The molecule has 1 N–H and O–H groups in total. The summed E-state index contributed by atoms with van der Waals surface area (Å²) in [6, 6.07) is 9.05. The lowest BCUT2D eigenvalue weighted by Crippen LogP contribution is -2.01. The fraction of sp³-hybridized carbons (Fsp3) is 0.235. The van der Waals surface area contributed by atoms with E-state index < -0.39 is 5.97 Å². The van der Waals surface area contributed by atoms with E-state index in [1.54, 1.807) is 12.1 Å². The maximum absolute atomic E-state index is 11.0. The largest absolute Gasteiger partial charge is 0.492 e. The summed E-state index contributed by atoms with van der Waals surface area (Å²) in [4.78, 5) is 11.0. The molecule has 2 aromatic carbocycles. The minimum atomic E-state index is -1.02. The van der Waals surface area contributed by atoms with Crippen molar-refractivity contribution in [3.05, 3.63) is 52.0 Å². The zero-order chi connectivity index (χ0) is 16.3. The third-order valence-corrected chi connectivity index (χ3v) is 4.07. The molecule has 0 spiro atoms. The molecule has 0 fully saturated rings. The first-order valence-corrected chi connectivity index (χ1v) is 8.67. The highest BCUT2D eigenvalue weighted by Gasteiger charge is 2.12. The Morgan fingerprint density at radius 1 is 1.18 bits per heavy atom. The van der Waals surface area contributed by atoms with Crippen LogP contribution in [0.3, 0.4) is 0 Å². The summed E-state index contributed by atoms with van der Waals surface area (Å²) in [5.74, 6) is -0.111. The van der Waals surface area contributed by atoms with E-state index in [2.05, 4.69) is 22.6 Å². The summed E-state index contributed by atoms with van der Waals surface area (Å²) in [5.41, 5.74) is 4.11. The molecule has 0 aliphatic heterocycles. The van der Waals surface area contributed by atoms with E-state index in [9.17, 15) is 4.79 Å². The van der Waals surface area contributed by atoms with E-state index in [1.807, 2.05) is 26.0 Å². The fourth-order valence-corrected chi connectivity index (χ4v) is 2.83. The van der Waals surface area contributed by atoms with Crippen molar-refractivity contribution >= 4 is 40.2 Å². The zero-order valence-electron chi connectivity index (χ0n) is 12.3. The number of alkyl halides is 1. The summed E-state index contributed by atoms with van der Waals surface area (Å²) in [5, 5.41) is 9.27. The molecule has 0 saturated heterocycles. The Hall–Kier alpha value is -1.27. The van der Waals surface area contributed by atoms with Gasteiger partial charge in [0.1, 0.15) is 5.75 Å². The van der Waals surface area contributed by atoms with Crippen LogP contribution in [0.1, 0.15) is 21.5 Å². The van der Waals surface area contributed by atoms with E-state index in [4.69, 9.17) is 21.4 Å². The van der Waals surface area contributed by atoms with Crippen LogP contribution in [0, 0.1) is 13.8 Å². The van der Waals surface area contributed by atoms with Gasteiger partial charge in [-0.3, -0.25) is 0 Å². The average molecular weight is 431 g/mol. The summed E-state index contributed by atoms with van der Waals surface area (Å²) >= 11 is 8.33. The molecule has 0 aliphatic rings. The van der Waals surface area contributed by atoms with Gasteiger partial charge in [-0.1, -0.05) is 40.3 Å². The normalized spacial score (nSPS) is 10.5. The van der Waals surface area contributed by atoms with Crippen molar-refractivity contribution in [2.45, 2.75) is 13.8 Å². The van der Waals surface area contributed by atoms with E-state index in [0.29, 0.717) is 6.61 Å². The van der Waals surface area contributed by atoms with Crippen LogP contribution >= 0.6 is 34.2 Å². The van der Waals surface area contributed by atoms with Crippen LogP contribution in [0.5, 0.6) is 5.75 Å². The second-order valence-corrected chi connectivity index (χ2v) is 6.46. The number of carbonyl (C=O) groups is 1. The Balaban J connectivity index is 2.41. The van der Waals surface area contributed by atoms with Crippen molar-refractivity contribution in [1.82, 2.24) is 0 Å². The molecule has 3 nitrogen and oxygen atoms in total. The molecule has 0 heterocycles. The maximum Gasteiger partial charge on any atom is 0.337 e. The molecule has 0 unspecified atom stereocenters. The number of halogens is 2. The second-order valence-electron chi connectivity index (χ2n) is 4.98. The van der Waals surface area contributed by atoms with Crippen LogP contribution in [0.15, 0.2) is 30.3 Å². The quantitative estimate of drug-likeness (QED) is 0.528. The molecule has 5 heteroatoms. The van der Waals surface area contributed by atoms with Gasteiger partial charge in [0, 0.05) is 4.43 Å². The van der Waals surface area contributed by atoms with Gasteiger partial charge in [0.25, 0.3) is 0 Å². The van der Waals surface area contributed by atoms with Gasteiger partial charge in [0.15, 0.2) is 0 Å². The first-order chi connectivity index (χ1) is 10.4. The smallest absolute Gasteiger partial charge is 0.337 e. The Labute approximate surface area is 148 Å². The molecular weight excluding hydrogens is 415 g/mol. The van der Waals surface area contributed by atoms with E-state index in [-0.39, 0.29) is 10.6 Å². The summed E-state index contributed by atoms with van der Waals surface area (Å²) < 4.78 is 6.71. The number of rotatable bonds is 5. The second kappa shape index (κ2) is 7.33. The number of carboxylic acids is 1. The minimum Gasteiger partial charge on any atom is -0.492 e. The van der Waals surface area contributed by atoms with Crippen molar-refractivity contribution in [3.8, 4) is 16.9 Å². The third-order valence-electron chi connectivity index (χ3n) is 3.32. The van der Waals surface area contributed by atoms with Crippen LogP contribution in [-0.4, -0.2) is 22.1 Å². The lowest BCUT2D eigenvalue weighted by Gasteiger charge is -2.14. The van der Waals surface area contributed by atoms with Gasteiger partial charge >= 0.3 is 5.97 Å². The van der Waals surface area contributed by atoms with Gasteiger partial charge in [0.2, 0.25) is 0 Å². The highest BCUT2D eigenvalue weighted by atomic mass is 127. The summed E-state index contributed by atoms with van der Waals surface area (Å²) in [6.45, 7) is 4.69. The van der Waals surface area contributed by atoms with Gasteiger partial charge in [-0.2, -0.15) is 0 Å². The summed E-state index contributed by atoms with van der Waals surface area (Å²) in [7, 11) is 0. The summed E-state index contributed by atoms with van der Waals surface area (Å²) in [6.07, 6.45) is 0. The van der Waals surface area contributed by atoms with Crippen LogP contribution in [0.4, 0.5) is 0 Å². The van der Waals surface area contributed by atoms with Crippen molar-refractivity contribution in [3.63, 3.8) is 0 Å². The highest BCUT2D eigenvalue weighted by Crippen LogP contribution is 2.32. The van der Waals surface area contributed by atoms with E-state index in [1.165, 1.54) is 6.07 Å². The SMILES string of the molecule is Cc1cc(-c2ccc(C(=O)O)c(Cl)c2)cc(C)c1OCCI. The average Bonchev–Trinajstić information content (AvgIpc) is 2.45. The Bertz CT molecular complexity index is 690. The van der Waals surface area contributed by atoms with E-state index in [0.717, 1.165) is 32.4 Å². The molecule has 0 radical (unpaired) electrons. The molecule has 0 saturated carbocycles. The number of ether oxygens (including phenoxy) is 1. The lowest BCUT2D eigenvalue weighted by atomic mass is 9.99. The third kappa shape index (κ3) is 3.73. The van der Waals surface area contributed by atoms with Crippen molar-refractivity contribution in [2.24, 2.45) is 0 Å². The highest BCUT2D eigenvalue weighted by molar-refractivity contribution is 14.1. The molecule has 22 heavy (non-hydrogen) atoms. The van der Waals surface area contributed by atoms with Crippen molar-refractivity contribution in [2.75, 3.05) is 11.0 Å². The minimum absolute atomic E-state index is 0.112. The zero-order valence-corrected chi connectivity index (χ0v) is 15.2. The Morgan fingerprint density at radius 2 is 1.82 bits per heavy atom. The molecule has 0 aliphatic carbocycles. The number of aryl methyl sites for hydroxylation is 2. The Morgan fingerprint density at radius 3 is 2.32 bits per heavy atom. The Kier molecular flexibility index (Phi) is 5.69. The van der Waals surface area contributed by atoms with Crippen molar-refractivity contribution in [1.29, 1.82) is 0 Å². The first kappa shape index (κ1) is 17.1. The van der Waals surface area contributed by atoms with Gasteiger partial charge in [-0.05, 0) is 60.4 Å². The van der Waals surface area contributed by atoms with Crippen LogP contribution in [-0.2, 0) is 0 Å². The molecule has 0 atom stereocenters. The standard InChI is InChI=1S/C17H16ClIO3/c1-10-7-13(8-11(2)16(10)22-6-5-19)12-3-4-14(17(20)21)15(18)9-12/h3-4,7-9H,5-6H2,1-2H3,(H,20,21). The molecule has 116 valence electrons. The number of aromatic carboxylic acids is 1. The number of benzene rings is 2. The van der Waals surface area contributed by atoms with Gasteiger partial charge in [-0.25, -0.2) is 4.79 Å². The lowest BCUT2D eigenvalue weighted by molar-refractivity contribution is 0.0697. The first-order valence-electron chi connectivity index (χ1n) is 6.77. The maximum atomic E-state index is 11.0. The molecule has 2 aromatic rings. The fourth-order valence-electron chi connectivity index (χ4n) is 2.35. The van der Waals surface area contributed by atoms with E-state index >= 15 is 0 Å². The molecular formula is C17H16ClIO3. The van der Waals surface area contributed by atoms with Crippen LogP contribution in [0.25, 0.3) is 11.1 Å². The van der Waals surface area contributed by atoms with Gasteiger partial charge < -0.3 is 9.84 Å². The molecule has 0 aromatic heterocycles. The molecule has 2 rings (SSSR count). The molecule has 0 bridgehead atoms. The molecule has 0 amide bonds. The van der Waals surface area contributed by atoms with Crippen LogP contribution < -0.4 is 4.74 Å². The predicted octanol–water partition coefficient (Wildman–Crippen LogP) is 5.14. The van der Waals surface area contributed by atoms with Crippen molar-refractivity contribution < 1.29 is 14.6 Å². The van der Waals surface area contributed by atoms with Gasteiger partial charge in [0.05, 0.1) is 17.2 Å². The van der Waals surface area contributed by atoms with Crippen LogP contribution in [0.2, 0.25) is 5.02 Å². The number of carboxylic acid groups (broad SMARTS) is 1. The monoisotopic (exact) mass is 430 g/mol. The van der Waals surface area contributed by atoms with Gasteiger partial charge in [-0.15, -0.1) is 0 Å².